The van der Waals surface area contributed by atoms with Crippen molar-refractivity contribution in [3.63, 3.8) is 0 Å². The number of hydrogen-bond acceptors (Lipinski definition) is 4. The van der Waals surface area contributed by atoms with Gasteiger partial charge in [0, 0.05) is 0 Å². The molecule has 0 aromatic carbocycles. The summed E-state index contributed by atoms with van der Waals surface area (Å²) in [7, 11) is 0. The molecular weight excluding hydrogens is 96.1 g/mol. The molecule has 0 bridgehead atoms. The Kier molecular flexibility index (Phi) is 393. The van der Waals surface area contributed by atoms with Crippen molar-refractivity contribution in [1.29, 1.82) is 22.1 Å². The molecule has 6 nitrogen and oxygen atoms in total. The van der Waals surface area contributed by atoms with E-state index in [1.807, 2.05) is 9.82 Å². The molecule has 0 heterocycles. The first-order valence-electron chi connectivity index (χ1n) is 0.894. The summed E-state index contributed by atoms with van der Waals surface area (Å²) in [6.07, 6.45) is 0. The van der Waals surface area contributed by atoms with Gasteiger partial charge < -0.3 is 0 Å². The summed E-state index contributed by atoms with van der Waals surface area (Å²) >= 11 is 0. The average Bonchev–Trinajstić information content (AvgIpc) is 1.39. The van der Waals surface area contributed by atoms with E-state index in [0.717, 1.165) is 0 Å². The predicted molar refractivity (Wildman–Crippen MR) is 21.9 cm³/mol. The molecule has 0 rings (SSSR count). The normalized spacial score (nSPS) is 2.29. The smallest absolute Gasteiger partial charge is 0.0776 e. The molecule has 6 heteroatoms. The molecule has 4 N–H and O–H groups in total. The Bertz CT molecular complexity index is 58.2. The zero-order valence-corrected chi connectivity index (χ0v) is 2.89. The highest BCUT2D eigenvalue weighted by atomic mass is 15.0. The molecule has 0 amide bonds. The van der Waals surface area contributed by atoms with Crippen molar-refractivity contribution in [2.75, 3.05) is 0 Å². The van der Waals surface area contributed by atoms with Crippen LogP contribution in [0.2, 0.25) is 0 Å². The number of rotatable bonds is 0. The third kappa shape index (κ3) is 16.7. The Balaban J connectivity index is -0.0000000400. The summed E-state index contributed by atoms with van der Waals surface area (Å²) in [6, 6.07) is 0. The highest BCUT2D eigenvalue weighted by Crippen LogP contribution is 0.844. The molecule has 7 heavy (non-hydrogen) atoms. The maximum atomic E-state index is 5.50. The van der Waals surface area contributed by atoms with E-state index in [4.69, 9.17) is 22.1 Å². The van der Waals surface area contributed by atoms with E-state index in [1.54, 1.807) is 0 Å². The van der Waals surface area contributed by atoms with Crippen LogP contribution >= 0.6 is 0 Å². The largest absolute Gasteiger partial charge is 0.211 e. The van der Waals surface area contributed by atoms with Crippen LogP contribution in [-0.2, 0) is 0 Å². The van der Waals surface area contributed by atoms with Crippen LogP contribution in [0.1, 0.15) is 7.43 Å². The predicted octanol–water partition coefficient (Wildman–Crippen LogP) is 0.867. The number of hydrogen-bond donors (Lipinski definition) is 4. The number of nitrogens with zero attached hydrogens (tertiary/aromatic N) is 2. The van der Waals surface area contributed by atoms with E-state index >= 15 is 0 Å². The average molecular weight is 104 g/mol. The lowest BCUT2D eigenvalue weighted by Gasteiger charge is -0.844. The van der Waals surface area contributed by atoms with Crippen molar-refractivity contribution < 1.29 is 0 Å². The lowest BCUT2D eigenvalue weighted by molar-refractivity contribution is 0.928. The van der Waals surface area contributed by atoms with Gasteiger partial charge in [0.15, 0.2) is 0 Å². The van der Waals surface area contributed by atoms with Crippen molar-refractivity contribution in [2.24, 2.45) is 0 Å². The Labute approximate surface area is 40.6 Å². The minimum atomic E-state index is 0. The van der Waals surface area contributed by atoms with E-state index in [2.05, 4.69) is 0 Å². The topological polar surface area (TPSA) is 124 Å². The fraction of sp³-hybridized carbons (Fsp3) is 1.00. The highest BCUT2D eigenvalue weighted by Gasteiger charge is 1.16. The second-order valence-corrected chi connectivity index (χ2v) is 0.224. The van der Waals surface area contributed by atoms with Crippen LogP contribution in [0.25, 0.3) is 0 Å². The summed E-state index contributed by atoms with van der Waals surface area (Å²) < 4.78 is 0. The van der Waals surface area contributed by atoms with Gasteiger partial charge in [0.05, 0.1) is 0 Å². The van der Waals surface area contributed by atoms with E-state index in [1.165, 1.54) is 0 Å². The van der Waals surface area contributed by atoms with Crippen molar-refractivity contribution in [3.05, 3.63) is 0 Å². The monoisotopic (exact) mass is 104 g/mol. The molecule has 0 radical (unpaired) electrons. The molecule has 40 valence electrons. The third-order valence-corrected chi connectivity index (χ3v) is 0. The summed E-state index contributed by atoms with van der Waals surface area (Å²) in [5.74, 6) is 0. The molecule has 0 unspecified atom stereocenters. The maximum Gasteiger partial charge on any atom is 0.211 e. The molecule has 0 spiro atoms. The molecule has 0 saturated carbocycles. The molecule has 0 aliphatic heterocycles. The Morgan fingerprint density at radius 1 is 0.714 bits per heavy atom. The van der Waals surface area contributed by atoms with Gasteiger partial charge in [-0.2, -0.15) is 0 Å². The Hall–Kier alpha value is -1.38. The van der Waals surface area contributed by atoms with E-state index in [9.17, 15) is 0 Å². The van der Waals surface area contributed by atoms with Gasteiger partial charge >= 0.3 is 0 Å². The second kappa shape index (κ2) is 157. The highest BCUT2D eigenvalue weighted by molar-refractivity contribution is 2.97. The fourth-order valence-corrected chi connectivity index (χ4v) is 0. The lowest BCUT2D eigenvalue weighted by Crippen LogP contribution is -1.24. The molecular formula is CH8N6+2. The lowest BCUT2D eigenvalue weighted by atomic mass is 12.0. The molecule has 0 fully saturated rings. The van der Waals surface area contributed by atoms with Gasteiger partial charge in [-0.1, -0.05) is 7.43 Å². The molecule has 0 aromatic rings. The van der Waals surface area contributed by atoms with Gasteiger partial charge in [0.1, 0.15) is 22.1 Å². The minimum absolute atomic E-state index is 0. The molecule has 0 atom stereocenters. The fourth-order valence-electron chi connectivity index (χ4n) is 0. The van der Waals surface area contributed by atoms with Gasteiger partial charge in [-0.25, -0.2) is 0 Å². The van der Waals surface area contributed by atoms with Gasteiger partial charge in [0.2, 0.25) is 9.82 Å². The van der Waals surface area contributed by atoms with Crippen LogP contribution in [0.4, 0.5) is 0 Å². The SMILES string of the molecule is C.N=[N+]=N.N=[N+]=N. The second-order valence-electron chi connectivity index (χ2n) is 0.224. The summed E-state index contributed by atoms with van der Waals surface area (Å²) in [6.45, 7) is 0. The van der Waals surface area contributed by atoms with Gasteiger partial charge in [-0.15, -0.1) is 0 Å². The molecule has 0 saturated heterocycles. The standard InChI is InChI=1S/CH4.2H2N3/c;2*1-3-2/h1H4;2*1-2H/q;2*+1. The third-order valence-electron chi connectivity index (χ3n) is 0. The van der Waals surface area contributed by atoms with E-state index < -0.39 is 0 Å². The first-order valence-corrected chi connectivity index (χ1v) is 0.894. The van der Waals surface area contributed by atoms with Crippen molar-refractivity contribution >= 4 is 0 Å². The molecule has 0 aromatic heterocycles. The molecule has 0 aliphatic carbocycles. The summed E-state index contributed by atoms with van der Waals surface area (Å²) in [5.41, 5.74) is 22.0. The van der Waals surface area contributed by atoms with E-state index in [-0.39, 0.29) is 7.43 Å². The first-order chi connectivity index (χ1) is 2.83. The van der Waals surface area contributed by atoms with Crippen molar-refractivity contribution in [1.82, 2.24) is 9.82 Å². The van der Waals surface area contributed by atoms with Crippen LogP contribution in [0.3, 0.4) is 0 Å². The van der Waals surface area contributed by atoms with Gasteiger partial charge in [-0.05, 0) is 0 Å². The maximum absolute atomic E-state index is 5.50. The van der Waals surface area contributed by atoms with Crippen LogP contribution in [0.15, 0.2) is 0 Å². The number of nitrogens with one attached hydrogen (secondary N) is 4. The first kappa shape index (κ1) is 17.5. The van der Waals surface area contributed by atoms with Gasteiger partial charge in [0.25, 0.3) is 0 Å². The van der Waals surface area contributed by atoms with Crippen LogP contribution in [-0.4, -0.2) is 0 Å². The van der Waals surface area contributed by atoms with Crippen molar-refractivity contribution in [2.45, 2.75) is 7.43 Å². The zero-order chi connectivity index (χ0) is 5.41. The van der Waals surface area contributed by atoms with E-state index in [0.29, 0.717) is 0 Å². The zero-order valence-electron chi connectivity index (χ0n) is 2.89. The van der Waals surface area contributed by atoms with Gasteiger partial charge in [-0.3, -0.25) is 0 Å². The quantitative estimate of drug-likeness (QED) is 0.257. The minimum Gasteiger partial charge on any atom is -0.0776 e. The Morgan fingerprint density at radius 2 is 0.714 bits per heavy atom. The van der Waals surface area contributed by atoms with Crippen LogP contribution in [0, 0.1) is 22.1 Å². The molecule has 0 aliphatic rings. The summed E-state index contributed by atoms with van der Waals surface area (Å²) in [4.78, 5) is 4.00. The summed E-state index contributed by atoms with van der Waals surface area (Å²) in [5, 5.41) is 0. The van der Waals surface area contributed by atoms with Crippen LogP contribution in [0.5, 0.6) is 0 Å². The van der Waals surface area contributed by atoms with Crippen molar-refractivity contribution in [3.8, 4) is 0 Å². The Morgan fingerprint density at radius 3 is 0.714 bits per heavy atom. The van der Waals surface area contributed by atoms with Crippen LogP contribution < -0.4 is 9.82 Å².